The normalized spacial score (nSPS) is 12.8. The molecule has 0 fully saturated rings. The third kappa shape index (κ3) is 3.14. The molecular weight excluding hydrogens is 262 g/mol. The zero-order valence-corrected chi connectivity index (χ0v) is 12.7. The minimum atomic E-state index is -0.774. The van der Waals surface area contributed by atoms with Crippen molar-refractivity contribution in [3.63, 3.8) is 0 Å². The number of benzene rings is 2. The molecule has 0 aliphatic rings. The fraction of sp³-hybridized carbons (Fsp3) is 0.278. The monoisotopic (exact) mass is 283 g/mol. The molecule has 2 rings (SSSR count). The summed E-state index contributed by atoms with van der Waals surface area (Å²) in [6, 6.07) is 17.6. The Morgan fingerprint density at radius 2 is 1.67 bits per heavy atom. The molecule has 21 heavy (non-hydrogen) atoms. The van der Waals surface area contributed by atoms with Crippen molar-refractivity contribution < 1.29 is 9.53 Å². The summed E-state index contributed by atoms with van der Waals surface area (Å²) in [5.41, 5.74) is 8.66. The van der Waals surface area contributed by atoms with Gasteiger partial charge in [0.2, 0.25) is 0 Å². The van der Waals surface area contributed by atoms with E-state index in [0.717, 1.165) is 16.7 Å². The molecule has 0 saturated heterocycles. The largest absolute Gasteiger partial charge is 0.469 e. The van der Waals surface area contributed by atoms with E-state index in [4.69, 9.17) is 10.5 Å². The first kappa shape index (κ1) is 15.3. The predicted octanol–water partition coefficient (Wildman–Crippen LogP) is 3.55. The van der Waals surface area contributed by atoms with Crippen LogP contribution in [0.4, 0.5) is 0 Å². The molecular formula is C18H21NO2. The van der Waals surface area contributed by atoms with Crippen molar-refractivity contribution in [1.29, 1.82) is 0 Å². The van der Waals surface area contributed by atoms with Crippen molar-refractivity contribution in [2.24, 2.45) is 11.1 Å². The molecule has 0 aromatic heterocycles. The van der Waals surface area contributed by atoms with E-state index in [1.807, 2.05) is 42.5 Å². The van der Waals surface area contributed by atoms with Crippen LogP contribution in [0.2, 0.25) is 0 Å². The van der Waals surface area contributed by atoms with Crippen LogP contribution < -0.4 is 5.73 Å². The number of ether oxygens (including phenoxy) is 1. The van der Waals surface area contributed by atoms with Crippen LogP contribution in [0, 0.1) is 5.41 Å². The Labute approximate surface area is 125 Å². The molecule has 0 aliphatic carbocycles. The van der Waals surface area contributed by atoms with E-state index in [1.54, 1.807) is 13.8 Å². The van der Waals surface area contributed by atoms with Gasteiger partial charge in [0.1, 0.15) is 0 Å². The summed E-state index contributed by atoms with van der Waals surface area (Å²) in [6.07, 6.45) is 0. The molecule has 3 nitrogen and oxygen atoms in total. The highest BCUT2D eigenvalue weighted by molar-refractivity contribution is 5.77. The number of nitrogens with two attached hydrogens (primary N) is 1. The van der Waals surface area contributed by atoms with Crippen LogP contribution in [0.25, 0.3) is 11.1 Å². The third-order valence-corrected chi connectivity index (χ3v) is 3.84. The van der Waals surface area contributed by atoms with Gasteiger partial charge in [0.25, 0.3) is 0 Å². The number of rotatable bonds is 4. The topological polar surface area (TPSA) is 52.3 Å². The third-order valence-electron chi connectivity index (χ3n) is 3.84. The molecule has 0 unspecified atom stereocenters. The molecule has 0 spiro atoms. The lowest BCUT2D eigenvalue weighted by molar-refractivity contribution is -0.152. The van der Waals surface area contributed by atoms with Crippen LogP contribution >= 0.6 is 0 Å². The molecule has 1 atom stereocenters. The maximum absolute atomic E-state index is 11.9. The Bertz CT molecular complexity index is 620. The molecule has 0 bridgehead atoms. The van der Waals surface area contributed by atoms with Crippen molar-refractivity contribution in [1.82, 2.24) is 0 Å². The van der Waals surface area contributed by atoms with Crippen molar-refractivity contribution in [3.8, 4) is 11.1 Å². The van der Waals surface area contributed by atoms with Gasteiger partial charge in [0.05, 0.1) is 12.5 Å². The van der Waals surface area contributed by atoms with Crippen molar-refractivity contribution in [3.05, 3.63) is 60.2 Å². The van der Waals surface area contributed by atoms with Gasteiger partial charge in [-0.1, -0.05) is 48.5 Å². The van der Waals surface area contributed by atoms with Gasteiger partial charge in [0, 0.05) is 6.04 Å². The second-order valence-corrected chi connectivity index (χ2v) is 5.68. The Morgan fingerprint density at radius 3 is 2.29 bits per heavy atom. The van der Waals surface area contributed by atoms with Crippen LogP contribution in [0.3, 0.4) is 0 Å². The van der Waals surface area contributed by atoms with Crippen LogP contribution in [-0.4, -0.2) is 13.1 Å². The summed E-state index contributed by atoms with van der Waals surface area (Å²) in [5.74, 6) is -0.305. The second kappa shape index (κ2) is 6.10. The number of methoxy groups -OCH3 is 1. The van der Waals surface area contributed by atoms with Gasteiger partial charge in [-0.2, -0.15) is 0 Å². The van der Waals surface area contributed by atoms with Crippen LogP contribution in [0.15, 0.2) is 54.6 Å². The predicted molar refractivity (Wildman–Crippen MR) is 84.6 cm³/mol. The average molecular weight is 283 g/mol. The van der Waals surface area contributed by atoms with Crippen LogP contribution in [-0.2, 0) is 9.53 Å². The maximum Gasteiger partial charge on any atom is 0.313 e. The Morgan fingerprint density at radius 1 is 1.05 bits per heavy atom. The van der Waals surface area contributed by atoms with E-state index in [1.165, 1.54) is 7.11 Å². The number of carbonyl (C=O) groups excluding carboxylic acids is 1. The highest BCUT2D eigenvalue weighted by atomic mass is 16.5. The van der Waals surface area contributed by atoms with E-state index in [2.05, 4.69) is 12.1 Å². The van der Waals surface area contributed by atoms with Gasteiger partial charge in [-0.05, 0) is 36.6 Å². The van der Waals surface area contributed by atoms with Crippen LogP contribution in [0.5, 0.6) is 0 Å². The van der Waals surface area contributed by atoms with Gasteiger partial charge in [0.15, 0.2) is 0 Å². The standard InChI is InChI=1S/C18H21NO2/c1-18(2,17(20)21-3)16(19)15-11-7-10-14(12-15)13-8-5-4-6-9-13/h4-12,16H,19H2,1-3H3/t16-/m0/s1. The fourth-order valence-corrected chi connectivity index (χ4v) is 2.35. The van der Waals surface area contributed by atoms with E-state index >= 15 is 0 Å². The maximum atomic E-state index is 11.9. The van der Waals surface area contributed by atoms with E-state index in [9.17, 15) is 4.79 Å². The van der Waals surface area contributed by atoms with Gasteiger partial charge in [-0.25, -0.2) is 0 Å². The highest BCUT2D eigenvalue weighted by Gasteiger charge is 2.36. The van der Waals surface area contributed by atoms with Crippen molar-refractivity contribution in [2.75, 3.05) is 7.11 Å². The first-order valence-electron chi connectivity index (χ1n) is 6.96. The number of hydrogen-bond acceptors (Lipinski definition) is 3. The summed E-state index contributed by atoms with van der Waals surface area (Å²) in [7, 11) is 1.39. The lowest BCUT2D eigenvalue weighted by atomic mass is 9.80. The first-order chi connectivity index (χ1) is 9.96. The zero-order valence-electron chi connectivity index (χ0n) is 12.7. The second-order valence-electron chi connectivity index (χ2n) is 5.68. The molecule has 0 radical (unpaired) electrons. The molecule has 0 heterocycles. The molecule has 3 heteroatoms. The van der Waals surface area contributed by atoms with Gasteiger partial charge >= 0.3 is 5.97 Å². The SMILES string of the molecule is COC(=O)C(C)(C)[C@@H](N)c1cccc(-c2ccccc2)c1. The van der Waals surface area contributed by atoms with Crippen LogP contribution in [0.1, 0.15) is 25.5 Å². The van der Waals surface area contributed by atoms with Crippen molar-refractivity contribution >= 4 is 5.97 Å². The number of esters is 1. The molecule has 0 aliphatic heterocycles. The van der Waals surface area contributed by atoms with Gasteiger partial charge < -0.3 is 10.5 Å². The summed E-state index contributed by atoms with van der Waals surface area (Å²) in [4.78, 5) is 11.9. The highest BCUT2D eigenvalue weighted by Crippen LogP contribution is 2.34. The molecule has 2 N–H and O–H groups in total. The Kier molecular flexibility index (Phi) is 4.43. The van der Waals surface area contributed by atoms with E-state index in [0.29, 0.717) is 0 Å². The summed E-state index contributed by atoms with van der Waals surface area (Å²) in [5, 5.41) is 0. The molecule has 2 aromatic carbocycles. The number of hydrogen-bond donors (Lipinski definition) is 1. The Balaban J connectivity index is 2.36. The summed E-state index contributed by atoms with van der Waals surface area (Å²) in [6.45, 7) is 3.61. The summed E-state index contributed by atoms with van der Waals surface area (Å²) < 4.78 is 4.85. The van der Waals surface area contributed by atoms with E-state index < -0.39 is 11.5 Å². The van der Waals surface area contributed by atoms with E-state index in [-0.39, 0.29) is 5.97 Å². The lowest BCUT2D eigenvalue weighted by Gasteiger charge is -2.29. The van der Waals surface area contributed by atoms with Gasteiger partial charge in [-0.15, -0.1) is 0 Å². The molecule has 0 saturated carbocycles. The lowest BCUT2D eigenvalue weighted by Crippen LogP contribution is -2.37. The zero-order chi connectivity index (χ0) is 15.5. The fourth-order valence-electron chi connectivity index (χ4n) is 2.35. The molecule has 110 valence electrons. The van der Waals surface area contributed by atoms with Gasteiger partial charge in [-0.3, -0.25) is 4.79 Å². The smallest absolute Gasteiger partial charge is 0.313 e. The number of carbonyl (C=O) groups is 1. The summed E-state index contributed by atoms with van der Waals surface area (Å²) >= 11 is 0. The minimum Gasteiger partial charge on any atom is -0.469 e. The first-order valence-corrected chi connectivity index (χ1v) is 6.96. The molecule has 0 amide bonds. The minimum absolute atomic E-state index is 0.305. The Hall–Kier alpha value is -2.13. The average Bonchev–Trinajstić information content (AvgIpc) is 2.54. The quantitative estimate of drug-likeness (QED) is 0.873. The molecule has 2 aromatic rings. The van der Waals surface area contributed by atoms with Crippen molar-refractivity contribution in [2.45, 2.75) is 19.9 Å².